The van der Waals surface area contributed by atoms with Crippen molar-refractivity contribution in [2.45, 2.75) is 50.6 Å². The molecule has 0 spiro atoms. The Hall–Kier alpha value is -2.30. The number of aryl methyl sites for hydroxylation is 1. The number of nitrogens with zero attached hydrogens (tertiary/aromatic N) is 3. The number of piperidine rings is 1. The smallest absolute Gasteiger partial charge is 0.317 e. The van der Waals surface area contributed by atoms with Crippen molar-refractivity contribution in [1.82, 2.24) is 19.8 Å². The number of carbonyl (C=O) groups excluding carboxylic acids is 1. The van der Waals surface area contributed by atoms with E-state index < -0.39 is 0 Å². The van der Waals surface area contributed by atoms with Crippen molar-refractivity contribution in [3.63, 3.8) is 0 Å². The van der Waals surface area contributed by atoms with Gasteiger partial charge < -0.3 is 14.8 Å². The molecule has 1 aromatic carbocycles. The van der Waals surface area contributed by atoms with E-state index >= 15 is 0 Å². The van der Waals surface area contributed by atoms with E-state index in [1.165, 1.54) is 5.56 Å². The highest BCUT2D eigenvalue weighted by atomic mass is 16.2. The van der Waals surface area contributed by atoms with Crippen LogP contribution in [0.4, 0.5) is 4.79 Å². The highest BCUT2D eigenvalue weighted by molar-refractivity contribution is 5.75. The molecule has 2 fully saturated rings. The number of urea groups is 1. The van der Waals surface area contributed by atoms with Gasteiger partial charge in [0.05, 0.1) is 6.04 Å². The van der Waals surface area contributed by atoms with Crippen LogP contribution >= 0.6 is 0 Å². The highest BCUT2D eigenvalue weighted by Gasteiger charge is 2.40. The third-order valence-electron chi connectivity index (χ3n) is 5.47. The molecule has 2 aromatic rings. The molecule has 0 radical (unpaired) electrons. The summed E-state index contributed by atoms with van der Waals surface area (Å²) in [6, 6.07) is 11.2. The summed E-state index contributed by atoms with van der Waals surface area (Å²) in [6.07, 6.45) is 8.06. The van der Waals surface area contributed by atoms with Crippen LogP contribution in [-0.4, -0.2) is 39.6 Å². The van der Waals surface area contributed by atoms with Gasteiger partial charge in [0, 0.05) is 43.9 Å². The Bertz CT molecular complexity index is 726. The zero-order valence-corrected chi connectivity index (χ0v) is 14.8. The quantitative estimate of drug-likeness (QED) is 0.929. The van der Waals surface area contributed by atoms with Gasteiger partial charge in [0.2, 0.25) is 0 Å². The Labute approximate surface area is 149 Å². The molecule has 1 saturated heterocycles. The van der Waals surface area contributed by atoms with Crippen LogP contribution in [0.25, 0.3) is 0 Å². The van der Waals surface area contributed by atoms with Crippen LogP contribution in [0.3, 0.4) is 0 Å². The first-order valence-electron chi connectivity index (χ1n) is 9.38. The van der Waals surface area contributed by atoms with Crippen LogP contribution in [0.1, 0.15) is 49.5 Å². The van der Waals surface area contributed by atoms with Crippen molar-refractivity contribution in [1.29, 1.82) is 0 Å². The Balaban J connectivity index is 1.35. The Morgan fingerprint density at radius 3 is 2.96 bits per heavy atom. The highest BCUT2D eigenvalue weighted by Crippen LogP contribution is 2.40. The minimum atomic E-state index is 0.0892. The van der Waals surface area contributed by atoms with Crippen LogP contribution in [-0.2, 0) is 6.42 Å². The lowest BCUT2D eigenvalue weighted by Gasteiger charge is -2.34. The van der Waals surface area contributed by atoms with Crippen molar-refractivity contribution in [3.05, 3.63) is 54.1 Å². The lowest BCUT2D eigenvalue weighted by atomic mass is 10.1. The van der Waals surface area contributed by atoms with E-state index in [4.69, 9.17) is 0 Å². The number of carbonyl (C=O) groups is 1. The Morgan fingerprint density at radius 1 is 1.32 bits per heavy atom. The van der Waals surface area contributed by atoms with Crippen LogP contribution < -0.4 is 5.32 Å². The monoisotopic (exact) mass is 338 g/mol. The molecule has 132 valence electrons. The molecule has 1 N–H and O–H groups in total. The zero-order valence-electron chi connectivity index (χ0n) is 14.8. The van der Waals surface area contributed by atoms with Crippen LogP contribution in [0.5, 0.6) is 0 Å². The predicted octanol–water partition coefficient (Wildman–Crippen LogP) is 3.35. The molecule has 0 bridgehead atoms. The second-order valence-corrected chi connectivity index (χ2v) is 7.16. The summed E-state index contributed by atoms with van der Waals surface area (Å²) in [4.78, 5) is 19.1. The first-order chi connectivity index (χ1) is 12.3. The molecule has 2 heterocycles. The van der Waals surface area contributed by atoms with Gasteiger partial charge >= 0.3 is 6.03 Å². The maximum atomic E-state index is 12.7. The molecule has 1 aromatic heterocycles. The van der Waals surface area contributed by atoms with Gasteiger partial charge in [-0.05, 0) is 24.8 Å². The molecule has 1 aliphatic carbocycles. The van der Waals surface area contributed by atoms with E-state index in [0.29, 0.717) is 12.0 Å². The third-order valence-corrected chi connectivity index (χ3v) is 5.47. The second kappa shape index (κ2) is 6.90. The van der Waals surface area contributed by atoms with E-state index in [2.05, 4.69) is 52.3 Å². The summed E-state index contributed by atoms with van der Waals surface area (Å²) >= 11 is 0. The van der Waals surface area contributed by atoms with Crippen molar-refractivity contribution < 1.29 is 4.79 Å². The van der Waals surface area contributed by atoms with E-state index in [0.717, 1.165) is 44.6 Å². The lowest BCUT2D eigenvalue weighted by molar-refractivity contribution is 0.165. The fraction of sp³-hybridized carbons (Fsp3) is 0.500. The average molecular weight is 338 g/mol. The maximum Gasteiger partial charge on any atom is 0.317 e. The van der Waals surface area contributed by atoms with Crippen LogP contribution in [0, 0.1) is 0 Å². The lowest BCUT2D eigenvalue weighted by Crippen LogP contribution is -2.46. The molecule has 2 amide bonds. The normalized spacial score (nSPS) is 25.6. The van der Waals surface area contributed by atoms with Crippen molar-refractivity contribution in [3.8, 4) is 0 Å². The molecule has 2 aliphatic rings. The average Bonchev–Trinajstić information content (AvgIpc) is 3.26. The molecule has 1 aliphatic heterocycles. The number of benzene rings is 1. The van der Waals surface area contributed by atoms with Gasteiger partial charge in [-0.3, -0.25) is 0 Å². The van der Waals surface area contributed by atoms with Gasteiger partial charge in [0.25, 0.3) is 0 Å². The second-order valence-electron chi connectivity index (χ2n) is 7.16. The van der Waals surface area contributed by atoms with Crippen molar-refractivity contribution in [2.75, 3.05) is 13.1 Å². The van der Waals surface area contributed by atoms with Gasteiger partial charge in [-0.15, -0.1) is 0 Å². The number of aromatic nitrogens is 2. The SMILES string of the molecule is CCc1nccn1C1CCCN(C(=O)N[C@@H]2C[C@H]2c2ccccc2)C1. The van der Waals surface area contributed by atoms with Gasteiger partial charge in [-0.25, -0.2) is 9.78 Å². The fourth-order valence-corrected chi connectivity index (χ4v) is 3.99. The van der Waals surface area contributed by atoms with Gasteiger partial charge in [0.1, 0.15) is 5.82 Å². The molecular weight excluding hydrogens is 312 g/mol. The van der Waals surface area contributed by atoms with Crippen molar-refractivity contribution >= 4 is 6.03 Å². The molecular formula is C20H26N4O. The Morgan fingerprint density at radius 2 is 2.16 bits per heavy atom. The molecule has 1 unspecified atom stereocenters. The molecule has 5 nitrogen and oxygen atoms in total. The number of rotatable bonds is 4. The summed E-state index contributed by atoms with van der Waals surface area (Å²) in [7, 11) is 0. The van der Waals surface area contributed by atoms with Crippen LogP contribution in [0.15, 0.2) is 42.7 Å². The molecule has 3 atom stereocenters. The Kier molecular flexibility index (Phi) is 4.47. The maximum absolute atomic E-state index is 12.7. The number of nitrogens with one attached hydrogen (secondary N) is 1. The third kappa shape index (κ3) is 3.41. The van der Waals surface area contributed by atoms with Gasteiger partial charge in [-0.2, -0.15) is 0 Å². The van der Waals surface area contributed by atoms with Crippen molar-refractivity contribution in [2.24, 2.45) is 0 Å². The zero-order chi connectivity index (χ0) is 17.2. The van der Waals surface area contributed by atoms with E-state index in [9.17, 15) is 4.79 Å². The number of hydrogen-bond donors (Lipinski definition) is 1. The minimum absolute atomic E-state index is 0.0892. The summed E-state index contributed by atoms with van der Waals surface area (Å²) in [5.41, 5.74) is 1.33. The number of amides is 2. The molecule has 5 heteroatoms. The topological polar surface area (TPSA) is 50.2 Å². The van der Waals surface area contributed by atoms with E-state index in [-0.39, 0.29) is 12.1 Å². The predicted molar refractivity (Wildman–Crippen MR) is 97.6 cm³/mol. The first-order valence-corrected chi connectivity index (χ1v) is 9.38. The largest absolute Gasteiger partial charge is 0.335 e. The summed E-state index contributed by atoms with van der Waals surface area (Å²) in [6.45, 7) is 3.75. The van der Waals surface area contributed by atoms with Gasteiger partial charge in [-0.1, -0.05) is 37.3 Å². The van der Waals surface area contributed by atoms with E-state index in [1.54, 1.807) is 0 Å². The summed E-state index contributed by atoms with van der Waals surface area (Å²) < 4.78 is 2.25. The number of imidazole rings is 1. The minimum Gasteiger partial charge on any atom is -0.335 e. The number of hydrogen-bond acceptors (Lipinski definition) is 2. The fourth-order valence-electron chi connectivity index (χ4n) is 3.99. The molecule has 4 rings (SSSR count). The van der Waals surface area contributed by atoms with Crippen LogP contribution in [0.2, 0.25) is 0 Å². The standard InChI is InChI=1S/C20H26N4O/c1-2-19-21-10-12-24(19)16-9-6-11-23(14-16)20(25)22-18-13-17(18)15-7-4-3-5-8-15/h3-5,7-8,10,12,16-18H,2,6,9,11,13-14H2,1H3,(H,22,25)/t16?,17-,18+/m0/s1. The first kappa shape index (κ1) is 16.2. The molecule has 1 saturated carbocycles. The number of likely N-dealkylation sites (tertiary alicyclic amines) is 1. The molecule has 25 heavy (non-hydrogen) atoms. The van der Waals surface area contributed by atoms with Gasteiger partial charge in [0.15, 0.2) is 0 Å². The summed E-state index contributed by atoms with van der Waals surface area (Å²) in [5, 5.41) is 3.23. The summed E-state index contributed by atoms with van der Waals surface area (Å²) in [5.74, 6) is 1.59. The van der Waals surface area contributed by atoms with E-state index in [1.807, 2.05) is 17.2 Å².